The van der Waals surface area contributed by atoms with Crippen molar-refractivity contribution in [2.45, 2.75) is 13.8 Å². The third-order valence-electron chi connectivity index (χ3n) is 4.84. The van der Waals surface area contributed by atoms with E-state index in [2.05, 4.69) is 25.1 Å². The lowest BCUT2D eigenvalue weighted by atomic mass is 10.1. The number of nitriles is 1. The van der Waals surface area contributed by atoms with Crippen LogP contribution in [0.25, 0.3) is 5.82 Å². The van der Waals surface area contributed by atoms with E-state index in [1.54, 1.807) is 10.7 Å². The number of piperazine rings is 1. The largest absolute Gasteiger partial charge is 0.368 e. The van der Waals surface area contributed by atoms with Gasteiger partial charge >= 0.3 is 0 Å². The van der Waals surface area contributed by atoms with Crippen LogP contribution in [0.4, 0.5) is 15.9 Å². The van der Waals surface area contributed by atoms with Crippen molar-refractivity contribution in [3.05, 3.63) is 59.2 Å². The van der Waals surface area contributed by atoms with Gasteiger partial charge in [0.1, 0.15) is 5.82 Å². The Labute approximate surface area is 162 Å². The molecule has 3 heterocycles. The fourth-order valence-electron chi connectivity index (χ4n) is 3.48. The number of benzene rings is 1. The fourth-order valence-corrected chi connectivity index (χ4v) is 3.48. The molecule has 7 nitrogen and oxygen atoms in total. The lowest BCUT2D eigenvalue weighted by Crippen LogP contribution is -2.47. The number of rotatable bonds is 3. The van der Waals surface area contributed by atoms with E-state index < -0.39 is 0 Å². The second kappa shape index (κ2) is 7.27. The minimum absolute atomic E-state index is 0.336. The maximum absolute atomic E-state index is 13.7. The average Bonchev–Trinajstić information content (AvgIpc) is 3.05. The van der Waals surface area contributed by atoms with Gasteiger partial charge in [0, 0.05) is 37.6 Å². The maximum atomic E-state index is 13.7. The molecule has 1 fully saturated rings. The molecule has 2 aromatic heterocycles. The Morgan fingerprint density at radius 2 is 1.61 bits per heavy atom. The van der Waals surface area contributed by atoms with Crippen LogP contribution < -0.4 is 9.80 Å². The third kappa shape index (κ3) is 3.51. The average molecular weight is 377 g/mol. The summed E-state index contributed by atoms with van der Waals surface area (Å²) >= 11 is 0. The zero-order valence-corrected chi connectivity index (χ0v) is 15.8. The first-order chi connectivity index (χ1) is 13.5. The minimum Gasteiger partial charge on any atom is -0.368 e. The van der Waals surface area contributed by atoms with Crippen molar-refractivity contribution in [3.8, 4) is 11.9 Å². The predicted molar refractivity (Wildman–Crippen MR) is 104 cm³/mol. The summed E-state index contributed by atoms with van der Waals surface area (Å²) in [6.07, 6.45) is 0. The number of nitrogens with zero attached hydrogens (tertiary/aromatic N) is 7. The second-order valence-electron chi connectivity index (χ2n) is 6.87. The molecule has 28 heavy (non-hydrogen) atoms. The molecule has 0 spiro atoms. The lowest BCUT2D eigenvalue weighted by molar-refractivity contribution is 0.618. The Kier molecular flexibility index (Phi) is 4.65. The summed E-state index contributed by atoms with van der Waals surface area (Å²) in [7, 11) is 0. The molecule has 1 aliphatic heterocycles. The van der Waals surface area contributed by atoms with Crippen LogP contribution in [0, 0.1) is 31.0 Å². The molecule has 1 aromatic carbocycles. The van der Waals surface area contributed by atoms with Gasteiger partial charge in [-0.05, 0) is 50.2 Å². The summed E-state index contributed by atoms with van der Waals surface area (Å²) in [5.74, 6) is 1.11. The first-order valence-electron chi connectivity index (χ1n) is 9.11. The number of aromatic nitrogens is 4. The molecular formula is C20H20FN7. The standard InChI is InChI=1S/C20H20FN7/c1-14-9-15(2)28(25-14)20-4-3-19(23-24-20)27-7-5-26(6-8-27)18-11-16(13-22)10-17(21)12-18/h3-4,9-12H,5-8H2,1-2H3. The van der Waals surface area contributed by atoms with E-state index in [0.717, 1.165) is 49.1 Å². The Morgan fingerprint density at radius 1 is 0.929 bits per heavy atom. The first-order valence-corrected chi connectivity index (χ1v) is 9.11. The quantitative estimate of drug-likeness (QED) is 0.699. The smallest absolute Gasteiger partial charge is 0.176 e. The van der Waals surface area contributed by atoms with Crippen LogP contribution in [-0.2, 0) is 0 Å². The van der Waals surface area contributed by atoms with Gasteiger partial charge in [0.25, 0.3) is 0 Å². The van der Waals surface area contributed by atoms with Crippen molar-refractivity contribution in [1.82, 2.24) is 20.0 Å². The highest BCUT2D eigenvalue weighted by Crippen LogP contribution is 2.22. The normalized spacial score (nSPS) is 14.2. The highest BCUT2D eigenvalue weighted by Gasteiger charge is 2.20. The number of hydrogen-bond acceptors (Lipinski definition) is 6. The van der Waals surface area contributed by atoms with Crippen molar-refractivity contribution in [2.75, 3.05) is 36.0 Å². The highest BCUT2D eigenvalue weighted by atomic mass is 19.1. The zero-order valence-electron chi connectivity index (χ0n) is 15.8. The van der Waals surface area contributed by atoms with E-state index in [9.17, 15) is 4.39 Å². The zero-order chi connectivity index (χ0) is 19.7. The topological polar surface area (TPSA) is 73.9 Å². The molecule has 0 atom stereocenters. The van der Waals surface area contributed by atoms with Crippen molar-refractivity contribution in [2.24, 2.45) is 0 Å². The van der Waals surface area contributed by atoms with Gasteiger partial charge in [-0.1, -0.05) is 0 Å². The molecule has 0 aliphatic carbocycles. The Hall–Kier alpha value is -3.47. The van der Waals surface area contributed by atoms with Gasteiger partial charge in [0.2, 0.25) is 0 Å². The van der Waals surface area contributed by atoms with E-state index >= 15 is 0 Å². The Morgan fingerprint density at radius 3 is 2.21 bits per heavy atom. The van der Waals surface area contributed by atoms with Gasteiger partial charge < -0.3 is 9.80 Å². The summed E-state index contributed by atoms with van der Waals surface area (Å²) in [5, 5.41) is 22.1. The number of anilines is 2. The molecule has 0 unspecified atom stereocenters. The van der Waals surface area contributed by atoms with Gasteiger partial charge in [-0.15, -0.1) is 10.2 Å². The van der Waals surface area contributed by atoms with Crippen LogP contribution in [0.5, 0.6) is 0 Å². The SMILES string of the molecule is Cc1cc(C)n(-c2ccc(N3CCN(c4cc(F)cc(C#N)c4)CC3)nn2)n1. The Balaban J connectivity index is 1.45. The molecule has 0 saturated carbocycles. The lowest BCUT2D eigenvalue weighted by Gasteiger charge is -2.36. The molecule has 4 rings (SSSR count). The molecule has 3 aromatic rings. The fraction of sp³-hybridized carbons (Fsp3) is 0.300. The van der Waals surface area contributed by atoms with Crippen molar-refractivity contribution in [1.29, 1.82) is 5.26 Å². The van der Waals surface area contributed by atoms with Gasteiger partial charge in [-0.25, -0.2) is 9.07 Å². The number of hydrogen-bond donors (Lipinski definition) is 0. The van der Waals surface area contributed by atoms with Gasteiger partial charge in [0.15, 0.2) is 11.6 Å². The van der Waals surface area contributed by atoms with Crippen LogP contribution in [0.15, 0.2) is 36.4 Å². The van der Waals surface area contributed by atoms with E-state index in [1.165, 1.54) is 12.1 Å². The van der Waals surface area contributed by atoms with E-state index in [1.807, 2.05) is 38.1 Å². The number of halogens is 1. The van der Waals surface area contributed by atoms with Crippen LogP contribution in [-0.4, -0.2) is 46.2 Å². The molecular weight excluding hydrogens is 357 g/mol. The van der Waals surface area contributed by atoms with Crippen molar-refractivity contribution in [3.63, 3.8) is 0 Å². The van der Waals surface area contributed by atoms with E-state index in [0.29, 0.717) is 11.4 Å². The summed E-state index contributed by atoms with van der Waals surface area (Å²) in [6.45, 7) is 6.85. The third-order valence-corrected chi connectivity index (χ3v) is 4.84. The second-order valence-corrected chi connectivity index (χ2v) is 6.87. The van der Waals surface area contributed by atoms with Gasteiger partial charge in [0.05, 0.1) is 17.3 Å². The highest BCUT2D eigenvalue weighted by molar-refractivity contribution is 5.53. The van der Waals surface area contributed by atoms with Gasteiger partial charge in [-0.2, -0.15) is 10.4 Å². The first kappa shape index (κ1) is 17.9. The predicted octanol–water partition coefficient (Wildman–Crippen LogP) is 2.62. The minimum atomic E-state index is -0.387. The molecule has 8 heteroatoms. The van der Waals surface area contributed by atoms with Crippen molar-refractivity contribution < 1.29 is 4.39 Å². The van der Waals surface area contributed by atoms with E-state index in [4.69, 9.17) is 5.26 Å². The summed E-state index contributed by atoms with van der Waals surface area (Å²) in [4.78, 5) is 4.23. The molecule has 0 N–H and O–H groups in total. The van der Waals surface area contributed by atoms with Crippen LogP contribution in [0.1, 0.15) is 17.0 Å². The van der Waals surface area contributed by atoms with Crippen molar-refractivity contribution >= 4 is 11.5 Å². The summed E-state index contributed by atoms with van der Waals surface area (Å²) < 4.78 is 15.5. The molecule has 1 saturated heterocycles. The molecule has 0 radical (unpaired) electrons. The number of aryl methyl sites for hydroxylation is 2. The van der Waals surface area contributed by atoms with Crippen LogP contribution in [0.3, 0.4) is 0 Å². The molecule has 1 aliphatic rings. The summed E-state index contributed by atoms with van der Waals surface area (Å²) in [5.41, 5.74) is 3.03. The summed E-state index contributed by atoms with van der Waals surface area (Å²) in [6, 6.07) is 12.3. The maximum Gasteiger partial charge on any atom is 0.176 e. The Bertz CT molecular complexity index is 1030. The molecule has 0 amide bonds. The monoisotopic (exact) mass is 377 g/mol. The van der Waals surface area contributed by atoms with Gasteiger partial charge in [-0.3, -0.25) is 0 Å². The molecule has 142 valence electrons. The van der Waals surface area contributed by atoms with E-state index in [-0.39, 0.29) is 5.82 Å². The molecule has 0 bridgehead atoms. The van der Waals surface area contributed by atoms with Crippen LogP contribution in [0.2, 0.25) is 0 Å². The van der Waals surface area contributed by atoms with Crippen LogP contribution >= 0.6 is 0 Å².